The summed E-state index contributed by atoms with van der Waals surface area (Å²) in [5.41, 5.74) is 0.606. The second kappa shape index (κ2) is 5.63. The highest BCUT2D eigenvalue weighted by molar-refractivity contribution is 6.30. The van der Waals surface area contributed by atoms with Gasteiger partial charge in [-0.15, -0.1) is 6.58 Å². The van der Waals surface area contributed by atoms with Crippen molar-refractivity contribution in [2.45, 2.75) is 6.04 Å². The number of rotatable bonds is 3. The molecule has 1 aromatic carbocycles. The molecule has 1 saturated heterocycles. The first-order valence-electron chi connectivity index (χ1n) is 5.75. The molecule has 0 bridgehead atoms. The molecule has 0 amide bonds. The van der Waals surface area contributed by atoms with E-state index in [2.05, 4.69) is 16.8 Å². The maximum atomic E-state index is 14.0. The summed E-state index contributed by atoms with van der Waals surface area (Å²) in [6, 6.07) is 5.02. The summed E-state index contributed by atoms with van der Waals surface area (Å²) in [4.78, 5) is 2.21. The molecule has 1 aliphatic heterocycles. The van der Waals surface area contributed by atoms with E-state index in [0.717, 1.165) is 26.2 Å². The molecule has 0 saturated carbocycles. The van der Waals surface area contributed by atoms with Gasteiger partial charge in [0, 0.05) is 31.7 Å². The molecular formula is C13H16ClFN2. The lowest BCUT2D eigenvalue weighted by Crippen LogP contribution is -2.44. The Kier molecular flexibility index (Phi) is 4.15. The second-order valence-electron chi connectivity index (χ2n) is 4.11. The van der Waals surface area contributed by atoms with E-state index >= 15 is 0 Å². The highest BCUT2D eigenvalue weighted by Crippen LogP contribution is 2.28. The molecule has 1 atom stereocenters. The van der Waals surface area contributed by atoms with Crippen LogP contribution in [-0.2, 0) is 0 Å². The zero-order valence-corrected chi connectivity index (χ0v) is 10.4. The van der Waals surface area contributed by atoms with Crippen molar-refractivity contribution in [3.63, 3.8) is 0 Å². The summed E-state index contributed by atoms with van der Waals surface area (Å²) in [7, 11) is 0. The SMILES string of the molecule is C=C[C@H](c1cccc(Cl)c1F)N1CCNCC1. The summed E-state index contributed by atoms with van der Waals surface area (Å²) < 4.78 is 14.0. The zero-order valence-electron chi connectivity index (χ0n) is 9.63. The Labute approximate surface area is 106 Å². The number of benzene rings is 1. The molecule has 0 unspecified atom stereocenters. The third-order valence-electron chi connectivity index (χ3n) is 3.07. The molecule has 92 valence electrons. The van der Waals surface area contributed by atoms with Crippen LogP contribution in [0.15, 0.2) is 30.9 Å². The molecule has 1 heterocycles. The molecular weight excluding hydrogens is 239 g/mol. The second-order valence-corrected chi connectivity index (χ2v) is 4.52. The highest BCUT2D eigenvalue weighted by Gasteiger charge is 2.22. The van der Waals surface area contributed by atoms with Crippen LogP contribution in [0.25, 0.3) is 0 Å². The largest absolute Gasteiger partial charge is 0.314 e. The summed E-state index contributed by atoms with van der Waals surface area (Å²) in [5, 5.41) is 3.45. The van der Waals surface area contributed by atoms with E-state index in [1.54, 1.807) is 24.3 Å². The topological polar surface area (TPSA) is 15.3 Å². The minimum atomic E-state index is -0.336. The fourth-order valence-corrected chi connectivity index (χ4v) is 2.36. The van der Waals surface area contributed by atoms with Crippen molar-refractivity contribution in [1.29, 1.82) is 0 Å². The van der Waals surface area contributed by atoms with Gasteiger partial charge in [-0.1, -0.05) is 29.8 Å². The summed E-state index contributed by atoms with van der Waals surface area (Å²) in [6.07, 6.45) is 1.78. The molecule has 0 spiro atoms. The predicted octanol–water partition coefficient (Wildman–Crippen LogP) is 2.61. The monoisotopic (exact) mass is 254 g/mol. The molecule has 0 aliphatic carbocycles. The van der Waals surface area contributed by atoms with Crippen molar-refractivity contribution in [2.24, 2.45) is 0 Å². The van der Waals surface area contributed by atoms with E-state index in [4.69, 9.17) is 11.6 Å². The van der Waals surface area contributed by atoms with Crippen molar-refractivity contribution in [3.8, 4) is 0 Å². The van der Waals surface area contributed by atoms with Gasteiger partial charge < -0.3 is 5.32 Å². The van der Waals surface area contributed by atoms with Crippen LogP contribution < -0.4 is 5.32 Å². The first-order valence-corrected chi connectivity index (χ1v) is 6.13. The lowest BCUT2D eigenvalue weighted by molar-refractivity contribution is 0.200. The standard InChI is InChI=1S/C13H16ClFN2/c1-2-12(17-8-6-16-7-9-17)10-4-3-5-11(14)13(10)15/h2-5,12,16H,1,6-9H2/t12-/m1/s1. The van der Waals surface area contributed by atoms with Crippen molar-refractivity contribution in [2.75, 3.05) is 26.2 Å². The van der Waals surface area contributed by atoms with Crippen molar-refractivity contribution >= 4 is 11.6 Å². The first-order chi connectivity index (χ1) is 8.24. The third kappa shape index (κ3) is 2.68. The predicted molar refractivity (Wildman–Crippen MR) is 68.8 cm³/mol. The van der Waals surface area contributed by atoms with Crippen LogP contribution in [-0.4, -0.2) is 31.1 Å². The summed E-state index contributed by atoms with van der Waals surface area (Å²) in [5.74, 6) is -0.336. The molecule has 2 rings (SSSR count). The highest BCUT2D eigenvalue weighted by atomic mass is 35.5. The third-order valence-corrected chi connectivity index (χ3v) is 3.36. The fraction of sp³-hybridized carbons (Fsp3) is 0.385. The molecule has 0 radical (unpaired) electrons. The Hall–Kier alpha value is -0.900. The molecule has 0 aromatic heterocycles. The van der Waals surface area contributed by atoms with Gasteiger partial charge in [-0.25, -0.2) is 4.39 Å². The molecule has 1 N–H and O–H groups in total. The smallest absolute Gasteiger partial charge is 0.146 e. The van der Waals surface area contributed by atoms with E-state index in [1.165, 1.54) is 0 Å². The number of hydrogen-bond acceptors (Lipinski definition) is 2. The maximum absolute atomic E-state index is 14.0. The average molecular weight is 255 g/mol. The molecule has 2 nitrogen and oxygen atoms in total. The fourth-order valence-electron chi connectivity index (χ4n) is 2.18. The summed E-state index contributed by atoms with van der Waals surface area (Å²) in [6.45, 7) is 7.44. The average Bonchev–Trinajstić information content (AvgIpc) is 2.37. The number of hydrogen-bond donors (Lipinski definition) is 1. The van der Waals surface area contributed by atoms with Crippen molar-refractivity contribution in [1.82, 2.24) is 10.2 Å². The van der Waals surface area contributed by atoms with Gasteiger partial charge in [0.1, 0.15) is 5.82 Å². The molecule has 1 aromatic rings. The zero-order chi connectivity index (χ0) is 12.3. The van der Waals surface area contributed by atoms with E-state index in [-0.39, 0.29) is 16.9 Å². The van der Waals surface area contributed by atoms with E-state index in [0.29, 0.717) is 5.56 Å². The van der Waals surface area contributed by atoms with Crippen LogP contribution in [0, 0.1) is 5.82 Å². The van der Waals surface area contributed by atoms with Crippen LogP contribution >= 0.6 is 11.6 Å². The molecule has 17 heavy (non-hydrogen) atoms. The van der Waals surface area contributed by atoms with Crippen LogP contribution in [0.2, 0.25) is 5.02 Å². The van der Waals surface area contributed by atoms with Gasteiger partial charge in [0.25, 0.3) is 0 Å². The first kappa shape index (κ1) is 12.6. The van der Waals surface area contributed by atoms with Gasteiger partial charge in [-0.2, -0.15) is 0 Å². The van der Waals surface area contributed by atoms with Crippen LogP contribution in [0.5, 0.6) is 0 Å². The number of nitrogens with zero attached hydrogens (tertiary/aromatic N) is 1. The van der Waals surface area contributed by atoms with Gasteiger partial charge in [0.15, 0.2) is 0 Å². The van der Waals surface area contributed by atoms with E-state index in [9.17, 15) is 4.39 Å². The maximum Gasteiger partial charge on any atom is 0.146 e. The number of nitrogens with one attached hydrogen (secondary N) is 1. The number of piperazine rings is 1. The van der Waals surface area contributed by atoms with Gasteiger partial charge >= 0.3 is 0 Å². The Morgan fingerprint density at radius 3 is 2.76 bits per heavy atom. The van der Waals surface area contributed by atoms with Crippen molar-refractivity contribution < 1.29 is 4.39 Å². The minimum Gasteiger partial charge on any atom is -0.314 e. The Bertz CT molecular complexity index is 402. The van der Waals surface area contributed by atoms with Crippen LogP contribution in [0.4, 0.5) is 4.39 Å². The Morgan fingerprint density at radius 1 is 1.41 bits per heavy atom. The Balaban J connectivity index is 2.27. The van der Waals surface area contributed by atoms with Gasteiger partial charge in [0.05, 0.1) is 11.1 Å². The van der Waals surface area contributed by atoms with Gasteiger partial charge in [0.2, 0.25) is 0 Å². The quantitative estimate of drug-likeness (QED) is 0.835. The van der Waals surface area contributed by atoms with Crippen LogP contribution in [0.1, 0.15) is 11.6 Å². The van der Waals surface area contributed by atoms with E-state index in [1.807, 2.05) is 0 Å². The lowest BCUT2D eigenvalue weighted by Gasteiger charge is -2.33. The van der Waals surface area contributed by atoms with Crippen molar-refractivity contribution in [3.05, 3.63) is 47.3 Å². The Morgan fingerprint density at radius 2 is 2.12 bits per heavy atom. The van der Waals surface area contributed by atoms with E-state index < -0.39 is 0 Å². The van der Waals surface area contributed by atoms with Gasteiger partial charge in [-0.3, -0.25) is 4.90 Å². The number of halogens is 2. The normalized spacial score (nSPS) is 18.9. The minimum absolute atomic E-state index is 0.101. The molecule has 1 fully saturated rings. The molecule has 4 heteroatoms. The lowest BCUT2D eigenvalue weighted by atomic mass is 10.0. The van der Waals surface area contributed by atoms with Gasteiger partial charge in [-0.05, 0) is 6.07 Å². The molecule has 1 aliphatic rings. The summed E-state index contributed by atoms with van der Waals surface area (Å²) >= 11 is 5.81. The van der Waals surface area contributed by atoms with Crippen LogP contribution in [0.3, 0.4) is 0 Å².